The maximum absolute atomic E-state index is 14.1. The second-order valence-corrected chi connectivity index (χ2v) is 5.85. The van der Waals surface area contributed by atoms with Crippen molar-refractivity contribution in [1.82, 2.24) is 14.6 Å². The fourth-order valence-corrected chi connectivity index (χ4v) is 2.63. The number of benzene rings is 1. The lowest BCUT2D eigenvalue weighted by Crippen LogP contribution is -2.22. The first kappa shape index (κ1) is 17.8. The molecule has 0 spiro atoms. The molecule has 3 aromatic rings. The molecule has 0 bridgehead atoms. The molecule has 136 valence electrons. The molecule has 2 heterocycles. The van der Waals surface area contributed by atoms with Crippen LogP contribution in [0.4, 0.5) is 15.8 Å². The fraction of sp³-hybridized carbons (Fsp3) is 0.143. The number of anilines is 1. The van der Waals surface area contributed by atoms with E-state index < -0.39 is 22.1 Å². The van der Waals surface area contributed by atoms with E-state index in [0.29, 0.717) is 11.3 Å². The van der Waals surface area contributed by atoms with Gasteiger partial charge in [-0.2, -0.15) is 9.31 Å². The van der Waals surface area contributed by atoms with E-state index in [0.717, 1.165) is 6.20 Å². The minimum Gasteiger partial charge on any atom is -0.348 e. The number of fused-ring (bicyclic) bond motifs is 1. The van der Waals surface area contributed by atoms with Crippen molar-refractivity contribution in [3.8, 4) is 11.3 Å². The summed E-state index contributed by atoms with van der Waals surface area (Å²) in [6, 6.07) is 5.75. The maximum atomic E-state index is 14.1. The zero-order valence-electron chi connectivity index (χ0n) is 13.3. The zero-order chi connectivity index (χ0) is 18.8. The van der Waals surface area contributed by atoms with Crippen LogP contribution in [0, 0.1) is 15.9 Å². The Hall–Kier alpha value is -2.96. The highest BCUT2D eigenvalue weighted by molar-refractivity contribution is 7.74. The van der Waals surface area contributed by atoms with E-state index in [1.165, 1.54) is 40.9 Å². The van der Waals surface area contributed by atoms with Crippen molar-refractivity contribution in [2.75, 3.05) is 18.7 Å². The normalized spacial score (nSPS) is 12.3. The van der Waals surface area contributed by atoms with Gasteiger partial charge < -0.3 is 4.90 Å². The van der Waals surface area contributed by atoms with Crippen LogP contribution in [-0.2, 0) is 15.5 Å². The third-order valence-electron chi connectivity index (χ3n) is 3.58. The van der Waals surface area contributed by atoms with Crippen molar-refractivity contribution >= 4 is 28.4 Å². The van der Waals surface area contributed by atoms with E-state index in [1.807, 2.05) is 0 Å². The van der Waals surface area contributed by atoms with Gasteiger partial charge in [0.1, 0.15) is 18.7 Å². The lowest BCUT2D eigenvalue weighted by molar-refractivity contribution is -0.383. The summed E-state index contributed by atoms with van der Waals surface area (Å²) in [5.74, 6) is -0.569. The van der Waals surface area contributed by atoms with Crippen LogP contribution in [0.15, 0.2) is 36.7 Å². The van der Waals surface area contributed by atoms with E-state index in [1.54, 1.807) is 6.07 Å². The molecule has 10 nitrogen and oxygen atoms in total. The molecular weight excluding hydrogens is 369 g/mol. The molecule has 0 aliphatic rings. The van der Waals surface area contributed by atoms with E-state index in [9.17, 15) is 18.7 Å². The van der Waals surface area contributed by atoms with Gasteiger partial charge in [-0.25, -0.2) is 18.1 Å². The van der Waals surface area contributed by atoms with Crippen molar-refractivity contribution in [2.24, 2.45) is 0 Å². The van der Waals surface area contributed by atoms with Crippen LogP contribution in [0.2, 0.25) is 0 Å². The van der Waals surface area contributed by atoms with Gasteiger partial charge in [0.25, 0.3) is 0 Å². The first-order valence-corrected chi connectivity index (χ1v) is 8.14. The number of hydrogen-bond acceptors (Lipinski definition) is 7. The first-order chi connectivity index (χ1) is 12.4. The number of nitrogens with zero attached hydrogens (tertiary/aromatic N) is 5. The predicted molar refractivity (Wildman–Crippen MR) is 90.2 cm³/mol. The quantitative estimate of drug-likeness (QED) is 0.298. The van der Waals surface area contributed by atoms with Gasteiger partial charge in [-0.05, 0) is 24.3 Å². The summed E-state index contributed by atoms with van der Waals surface area (Å²) < 4.78 is 39.2. The van der Waals surface area contributed by atoms with Crippen molar-refractivity contribution in [2.45, 2.75) is 0 Å². The molecule has 1 aromatic carbocycles. The third kappa shape index (κ3) is 3.37. The van der Waals surface area contributed by atoms with E-state index in [4.69, 9.17) is 4.55 Å². The van der Waals surface area contributed by atoms with E-state index in [2.05, 4.69) is 14.3 Å². The average molecular weight is 381 g/mol. The van der Waals surface area contributed by atoms with Crippen LogP contribution in [0.5, 0.6) is 0 Å². The summed E-state index contributed by atoms with van der Waals surface area (Å²) in [7, 11) is 1.48. The highest BCUT2D eigenvalue weighted by Gasteiger charge is 2.19. The summed E-state index contributed by atoms with van der Waals surface area (Å²) in [5.41, 5.74) is 0.906. The van der Waals surface area contributed by atoms with Gasteiger partial charge in [-0.3, -0.25) is 14.7 Å². The Morgan fingerprint density at radius 2 is 2.23 bits per heavy atom. The highest BCUT2D eigenvalue weighted by atomic mass is 32.2. The number of halogens is 1. The molecule has 1 N–H and O–H groups in total. The Balaban J connectivity index is 2.05. The summed E-state index contributed by atoms with van der Waals surface area (Å²) >= 11 is -2.48. The molecule has 0 fully saturated rings. The molecule has 1 atom stereocenters. The second-order valence-electron chi connectivity index (χ2n) is 5.18. The van der Waals surface area contributed by atoms with Gasteiger partial charge in [0.05, 0.1) is 16.3 Å². The number of nitro groups is 1. The molecule has 0 amide bonds. The molecular formula is C14H12FN5O5S. The fourth-order valence-electron chi connectivity index (χ4n) is 2.39. The molecule has 0 aliphatic carbocycles. The van der Waals surface area contributed by atoms with Gasteiger partial charge in [0.2, 0.25) is 5.65 Å². The van der Waals surface area contributed by atoms with Crippen LogP contribution in [-0.4, -0.2) is 42.1 Å². The average Bonchev–Trinajstić information content (AvgIpc) is 3.04. The largest absolute Gasteiger partial charge is 0.348 e. The summed E-state index contributed by atoms with van der Waals surface area (Å²) in [5, 5.41) is 15.0. The van der Waals surface area contributed by atoms with E-state index >= 15 is 0 Å². The third-order valence-corrected chi connectivity index (χ3v) is 3.89. The number of aromatic nitrogens is 3. The molecule has 0 aliphatic heterocycles. The Morgan fingerprint density at radius 1 is 1.46 bits per heavy atom. The highest BCUT2D eigenvalue weighted by Crippen LogP contribution is 2.28. The number of hydrogen-bond donors (Lipinski definition) is 1. The molecule has 12 heteroatoms. The molecule has 26 heavy (non-hydrogen) atoms. The molecule has 1 unspecified atom stereocenters. The van der Waals surface area contributed by atoms with Crippen LogP contribution < -0.4 is 4.90 Å². The topological polar surface area (TPSA) is 123 Å². The standard InChI is InChI=1S/C14H12FN5O5S/c1-18(8-25-26(23)24)12-6-9(2-3-10(12)15)11-4-5-16-14-13(20(21)22)7-17-19(11)14/h2-7H,8H2,1H3,(H,23,24). The number of rotatable bonds is 6. The Bertz CT molecular complexity index is 1010. The molecule has 0 saturated heterocycles. The van der Waals surface area contributed by atoms with Crippen LogP contribution in [0.25, 0.3) is 16.9 Å². The molecule has 0 saturated carbocycles. The van der Waals surface area contributed by atoms with E-state index in [-0.39, 0.29) is 23.8 Å². The summed E-state index contributed by atoms with van der Waals surface area (Å²) in [6.07, 6.45) is 2.48. The van der Waals surface area contributed by atoms with Crippen LogP contribution in [0.1, 0.15) is 0 Å². The van der Waals surface area contributed by atoms with Crippen molar-refractivity contribution in [1.29, 1.82) is 0 Å². The SMILES string of the molecule is CN(COS(=O)O)c1cc(-c2ccnc3c([N+](=O)[O-])cnn23)ccc1F. The maximum Gasteiger partial charge on any atom is 0.333 e. The lowest BCUT2D eigenvalue weighted by Gasteiger charge is -2.19. The predicted octanol–water partition coefficient (Wildman–Crippen LogP) is 1.99. The summed E-state index contributed by atoms with van der Waals surface area (Å²) in [4.78, 5) is 15.7. The van der Waals surface area contributed by atoms with Gasteiger partial charge in [-0.1, -0.05) is 0 Å². The van der Waals surface area contributed by atoms with Crippen LogP contribution in [0.3, 0.4) is 0 Å². The monoisotopic (exact) mass is 381 g/mol. The van der Waals surface area contributed by atoms with Crippen molar-refractivity contribution in [3.05, 3.63) is 52.6 Å². The second kappa shape index (κ2) is 7.11. The minimum absolute atomic E-state index is 0.0609. The molecule has 0 radical (unpaired) electrons. The zero-order valence-corrected chi connectivity index (χ0v) is 14.1. The van der Waals surface area contributed by atoms with Crippen LogP contribution >= 0.6 is 0 Å². The minimum atomic E-state index is -2.48. The van der Waals surface area contributed by atoms with Gasteiger partial charge in [0.15, 0.2) is 0 Å². The molecule has 3 rings (SSSR count). The lowest BCUT2D eigenvalue weighted by atomic mass is 10.1. The Labute approximate surface area is 148 Å². The summed E-state index contributed by atoms with van der Waals surface area (Å²) in [6.45, 7) is -0.317. The van der Waals surface area contributed by atoms with Crippen molar-refractivity contribution < 1.29 is 22.3 Å². The van der Waals surface area contributed by atoms with Gasteiger partial charge in [-0.15, -0.1) is 0 Å². The van der Waals surface area contributed by atoms with Gasteiger partial charge in [0, 0.05) is 18.8 Å². The Kier molecular flexibility index (Phi) is 4.88. The Morgan fingerprint density at radius 3 is 2.92 bits per heavy atom. The van der Waals surface area contributed by atoms with Crippen molar-refractivity contribution in [3.63, 3.8) is 0 Å². The smallest absolute Gasteiger partial charge is 0.333 e. The first-order valence-electron chi connectivity index (χ1n) is 7.11. The van der Waals surface area contributed by atoms with Gasteiger partial charge >= 0.3 is 17.0 Å². The molecule has 2 aromatic heterocycles.